The lowest BCUT2D eigenvalue weighted by atomic mass is 9.89. The minimum absolute atomic E-state index is 0.119. The lowest BCUT2D eigenvalue weighted by Crippen LogP contribution is -2.41. The molecular formula is C13H14N2O4S. The summed E-state index contributed by atoms with van der Waals surface area (Å²) in [5.41, 5.74) is 2.27. The SMILES string of the molecule is CS(=O)(=O)N1C[C@H](C2=NOC(=O)C2)Cc2ccccc21. The van der Waals surface area contributed by atoms with Crippen LogP contribution in [0.5, 0.6) is 0 Å². The van der Waals surface area contributed by atoms with Crippen molar-refractivity contribution in [1.29, 1.82) is 0 Å². The maximum absolute atomic E-state index is 12.0. The first kappa shape index (κ1) is 13.1. The third kappa shape index (κ3) is 2.29. The van der Waals surface area contributed by atoms with E-state index in [0.717, 1.165) is 5.56 Å². The summed E-state index contributed by atoms with van der Waals surface area (Å²) in [4.78, 5) is 15.8. The molecule has 6 nitrogen and oxygen atoms in total. The number of para-hydroxylation sites is 1. The molecule has 1 aromatic carbocycles. The fourth-order valence-electron chi connectivity index (χ4n) is 2.63. The van der Waals surface area contributed by atoms with Crippen LogP contribution >= 0.6 is 0 Å². The van der Waals surface area contributed by atoms with Crippen molar-refractivity contribution in [2.75, 3.05) is 17.1 Å². The summed E-state index contributed by atoms with van der Waals surface area (Å²) >= 11 is 0. The van der Waals surface area contributed by atoms with Gasteiger partial charge in [-0.1, -0.05) is 23.4 Å². The Balaban J connectivity index is 1.99. The van der Waals surface area contributed by atoms with Gasteiger partial charge in [-0.3, -0.25) is 4.31 Å². The van der Waals surface area contributed by atoms with Gasteiger partial charge in [-0.05, 0) is 18.1 Å². The first-order chi connectivity index (χ1) is 9.45. The molecule has 2 aliphatic rings. The zero-order valence-corrected chi connectivity index (χ0v) is 11.8. The van der Waals surface area contributed by atoms with Crippen molar-refractivity contribution in [1.82, 2.24) is 0 Å². The number of sulfonamides is 1. The van der Waals surface area contributed by atoms with E-state index < -0.39 is 10.0 Å². The molecule has 7 heteroatoms. The predicted octanol–water partition coefficient (Wildman–Crippen LogP) is 0.928. The predicted molar refractivity (Wildman–Crippen MR) is 74.0 cm³/mol. The normalized spacial score (nSPS) is 22.2. The molecule has 0 saturated heterocycles. The lowest BCUT2D eigenvalue weighted by Gasteiger charge is -2.33. The smallest absolute Gasteiger partial charge is 0.318 e. The number of hydrogen-bond donors (Lipinski definition) is 0. The largest absolute Gasteiger partial charge is 0.340 e. The zero-order valence-electron chi connectivity index (χ0n) is 10.9. The summed E-state index contributed by atoms with van der Waals surface area (Å²) in [6.07, 6.45) is 1.99. The quantitative estimate of drug-likeness (QED) is 0.760. The minimum Gasteiger partial charge on any atom is -0.318 e. The van der Waals surface area contributed by atoms with Crippen LogP contribution in [0.4, 0.5) is 5.69 Å². The van der Waals surface area contributed by atoms with Gasteiger partial charge in [-0.15, -0.1) is 0 Å². The van der Waals surface area contributed by atoms with Gasteiger partial charge in [0.15, 0.2) is 0 Å². The van der Waals surface area contributed by atoms with Crippen LogP contribution in [0.1, 0.15) is 12.0 Å². The summed E-state index contributed by atoms with van der Waals surface area (Å²) in [7, 11) is -3.36. The molecule has 0 saturated carbocycles. The number of benzene rings is 1. The van der Waals surface area contributed by atoms with Crippen molar-refractivity contribution >= 4 is 27.4 Å². The second-order valence-corrected chi connectivity index (χ2v) is 6.95. The van der Waals surface area contributed by atoms with Gasteiger partial charge in [-0.25, -0.2) is 13.2 Å². The average molecular weight is 294 g/mol. The van der Waals surface area contributed by atoms with E-state index in [1.807, 2.05) is 18.2 Å². The summed E-state index contributed by atoms with van der Waals surface area (Å²) in [6.45, 7) is 0.297. The van der Waals surface area contributed by atoms with Crippen LogP contribution in [0.3, 0.4) is 0 Å². The van der Waals surface area contributed by atoms with Crippen LogP contribution in [0.25, 0.3) is 0 Å². The van der Waals surface area contributed by atoms with Crippen molar-refractivity contribution in [3.63, 3.8) is 0 Å². The third-order valence-corrected chi connectivity index (χ3v) is 4.72. The number of carbonyl (C=O) groups excluding carboxylic acids is 1. The summed E-state index contributed by atoms with van der Waals surface area (Å²) < 4.78 is 25.3. The van der Waals surface area contributed by atoms with E-state index in [9.17, 15) is 13.2 Å². The van der Waals surface area contributed by atoms with E-state index in [-0.39, 0.29) is 18.3 Å². The van der Waals surface area contributed by atoms with Crippen molar-refractivity contribution in [3.8, 4) is 0 Å². The summed E-state index contributed by atoms with van der Waals surface area (Å²) in [6, 6.07) is 7.39. The fourth-order valence-corrected chi connectivity index (χ4v) is 3.62. The molecule has 106 valence electrons. The molecule has 0 amide bonds. The molecule has 20 heavy (non-hydrogen) atoms. The second-order valence-electron chi connectivity index (χ2n) is 5.05. The van der Waals surface area contributed by atoms with Gasteiger partial charge in [0.2, 0.25) is 10.0 Å². The highest BCUT2D eigenvalue weighted by Crippen LogP contribution is 2.33. The zero-order chi connectivity index (χ0) is 14.3. The third-order valence-electron chi connectivity index (χ3n) is 3.57. The van der Waals surface area contributed by atoms with E-state index in [1.54, 1.807) is 6.07 Å². The Morgan fingerprint density at radius 2 is 2.10 bits per heavy atom. The van der Waals surface area contributed by atoms with Crippen LogP contribution in [-0.2, 0) is 26.1 Å². The van der Waals surface area contributed by atoms with Crippen LogP contribution in [0.2, 0.25) is 0 Å². The van der Waals surface area contributed by atoms with Crippen molar-refractivity contribution in [2.45, 2.75) is 12.8 Å². The molecule has 1 atom stereocenters. The number of hydrogen-bond acceptors (Lipinski definition) is 5. The maximum atomic E-state index is 12.0. The molecule has 0 fully saturated rings. The maximum Gasteiger partial charge on any atom is 0.340 e. The van der Waals surface area contributed by atoms with Gasteiger partial charge in [0.1, 0.15) is 0 Å². The highest BCUT2D eigenvalue weighted by molar-refractivity contribution is 7.92. The lowest BCUT2D eigenvalue weighted by molar-refractivity contribution is -0.140. The molecule has 1 aromatic rings. The summed E-state index contributed by atoms with van der Waals surface area (Å²) in [5.74, 6) is -0.504. The molecule has 0 radical (unpaired) electrons. The topological polar surface area (TPSA) is 76.0 Å². The van der Waals surface area contributed by atoms with Crippen LogP contribution in [-0.4, -0.2) is 32.9 Å². The van der Waals surface area contributed by atoms with Crippen LogP contribution in [0.15, 0.2) is 29.4 Å². The molecule has 0 unspecified atom stereocenters. The molecular weight excluding hydrogens is 280 g/mol. The van der Waals surface area contributed by atoms with Gasteiger partial charge < -0.3 is 4.84 Å². The molecule has 0 bridgehead atoms. The Bertz CT molecular complexity index is 696. The van der Waals surface area contributed by atoms with Gasteiger partial charge >= 0.3 is 5.97 Å². The van der Waals surface area contributed by atoms with Gasteiger partial charge in [0.05, 0.1) is 24.1 Å². The molecule has 0 N–H and O–H groups in total. The Labute approximate surface area is 117 Å². The van der Waals surface area contributed by atoms with Crippen molar-refractivity contribution < 1.29 is 18.0 Å². The Hall–Kier alpha value is -1.89. The van der Waals surface area contributed by atoms with Gasteiger partial charge in [0.25, 0.3) is 0 Å². The van der Waals surface area contributed by atoms with Gasteiger partial charge in [0, 0.05) is 12.5 Å². The Morgan fingerprint density at radius 1 is 1.35 bits per heavy atom. The van der Waals surface area contributed by atoms with E-state index in [2.05, 4.69) is 9.99 Å². The number of anilines is 1. The second kappa shape index (κ2) is 4.59. The molecule has 2 aliphatic heterocycles. The number of oxime groups is 1. The summed E-state index contributed by atoms with van der Waals surface area (Å²) in [5, 5.41) is 3.78. The Kier molecular flexibility index (Phi) is 3.01. The van der Waals surface area contributed by atoms with E-state index in [4.69, 9.17) is 0 Å². The minimum atomic E-state index is -3.36. The number of nitrogens with zero attached hydrogens (tertiary/aromatic N) is 2. The molecule has 3 rings (SSSR count). The molecule has 0 aliphatic carbocycles. The molecule has 2 heterocycles. The average Bonchev–Trinajstić information content (AvgIpc) is 2.83. The fraction of sp³-hybridized carbons (Fsp3) is 0.385. The van der Waals surface area contributed by atoms with E-state index in [1.165, 1.54) is 10.6 Å². The highest BCUT2D eigenvalue weighted by Gasteiger charge is 2.35. The molecule has 0 spiro atoms. The first-order valence-corrected chi connectivity index (χ1v) is 8.12. The van der Waals surface area contributed by atoms with Crippen molar-refractivity contribution in [2.24, 2.45) is 11.1 Å². The van der Waals surface area contributed by atoms with E-state index >= 15 is 0 Å². The number of fused-ring (bicyclic) bond motifs is 1. The van der Waals surface area contributed by atoms with Crippen LogP contribution in [0, 0.1) is 5.92 Å². The number of rotatable bonds is 2. The van der Waals surface area contributed by atoms with Crippen molar-refractivity contribution in [3.05, 3.63) is 29.8 Å². The monoisotopic (exact) mass is 294 g/mol. The van der Waals surface area contributed by atoms with Gasteiger partial charge in [-0.2, -0.15) is 0 Å². The van der Waals surface area contributed by atoms with Crippen LogP contribution < -0.4 is 4.31 Å². The molecule has 0 aromatic heterocycles. The standard InChI is InChI=1S/C13H14N2O4S/c1-20(17,18)15-8-10(11-7-13(16)19-14-11)6-9-4-2-3-5-12(9)15/h2-5,10H,6-8H2,1H3/t10-/m1/s1. The van der Waals surface area contributed by atoms with E-state index in [0.29, 0.717) is 24.4 Å². The first-order valence-electron chi connectivity index (χ1n) is 6.27. The number of carbonyl (C=O) groups is 1. The highest BCUT2D eigenvalue weighted by atomic mass is 32.2. The Morgan fingerprint density at radius 3 is 2.75 bits per heavy atom.